The van der Waals surface area contributed by atoms with E-state index in [9.17, 15) is 0 Å². The van der Waals surface area contributed by atoms with Crippen molar-refractivity contribution in [1.82, 2.24) is 4.98 Å². The number of aromatic nitrogens is 1. The Morgan fingerprint density at radius 3 is 2.93 bits per heavy atom. The topological polar surface area (TPSA) is 38.9 Å². The Labute approximate surface area is 91.4 Å². The van der Waals surface area contributed by atoms with Gasteiger partial charge in [0.15, 0.2) is 0 Å². The van der Waals surface area contributed by atoms with Crippen LogP contribution < -0.4 is 5.73 Å². The summed E-state index contributed by atoms with van der Waals surface area (Å²) in [5.74, 6) is 0. The van der Waals surface area contributed by atoms with E-state index in [1.807, 2.05) is 6.20 Å². The van der Waals surface area contributed by atoms with Crippen molar-refractivity contribution >= 4 is 22.7 Å². The average Bonchev–Trinajstić information content (AvgIpc) is 2.74. The van der Waals surface area contributed by atoms with Crippen molar-refractivity contribution < 1.29 is 0 Å². The monoisotopic (exact) mass is 224 g/mol. The Morgan fingerprint density at radius 2 is 2.29 bits per heavy atom. The van der Waals surface area contributed by atoms with E-state index in [0.29, 0.717) is 6.54 Å². The van der Waals surface area contributed by atoms with Crippen LogP contribution in [0.2, 0.25) is 0 Å². The lowest BCUT2D eigenvalue weighted by atomic mass is 10.2. The molecule has 0 atom stereocenters. The maximum absolute atomic E-state index is 5.50. The number of nitrogens with two attached hydrogens (primary N) is 1. The van der Waals surface area contributed by atoms with E-state index in [4.69, 9.17) is 5.73 Å². The van der Waals surface area contributed by atoms with Crippen molar-refractivity contribution in [3.05, 3.63) is 27.4 Å². The predicted molar refractivity (Wildman–Crippen MR) is 62.9 cm³/mol. The van der Waals surface area contributed by atoms with E-state index >= 15 is 0 Å². The molecule has 0 saturated carbocycles. The van der Waals surface area contributed by atoms with Crippen molar-refractivity contribution in [3.8, 4) is 10.6 Å². The van der Waals surface area contributed by atoms with Crippen molar-refractivity contribution in [2.24, 2.45) is 5.73 Å². The van der Waals surface area contributed by atoms with Gasteiger partial charge in [-0.3, -0.25) is 0 Å². The van der Waals surface area contributed by atoms with Gasteiger partial charge in [0.25, 0.3) is 0 Å². The average molecular weight is 224 g/mol. The van der Waals surface area contributed by atoms with E-state index in [0.717, 1.165) is 11.4 Å². The Balaban J connectivity index is 2.29. The Bertz CT molecular complexity index is 417. The molecule has 2 aromatic heterocycles. The molecule has 2 rings (SSSR count). The second-order valence-corrected chi connectivity index (χ2v) is 5.00. The van der Waals surface area contributed by atoms with E-state index in [-0.39, 0.29) is 0 Å². The molecular formula is C10H12N2S2. The summed E-state index contributed by atoms with van der Waals surface area (Å²) >= 11 is 3.47. The highest BCUT2D eigenvalue weighted by molar-refractivity contribution is 7.15. The Hall–Kier alpha value is -0.710. The van der Waals surface area contributed by atoms with Gasteiger partial charge in [0.2, 0.25) is 0 Å². The SMILES string of the molecule is Cc1cscc1-c1ncc(CCN)s1. The molecule has 0 aliphatic heterocycles. The first-order valence-electron chi connectivity index (χ1n) is 4.49. The maximum atomic E-state index is 5.50. The van der Waals surface area contributed by atoms with Crippen LogP contribution in [0.4, 0.5) is 0 Å². The molecule has 2 aromatic rings. The summed E-state index contributed by atoms with van der Waals surface area (Å²) in [7, 11) is 0. The zero-order valence-corrected chi connectivity index (χ0v) is 9.62. The molecule has 0 aliphatic rings. The summed E-state index contributed by atoms with van der Waals surface area (Å²) < 4.78 is 0. The quantitative estimate of drug-likeness (QED) is 0.870. The van der Waals surface area contributed by atoms with Crippen LogP contribution in [0.25, 0.3) is 10.6 Å². The molecule has 2 N–H and O–H groups in total. The first kappa shape index (κ1) is 9.83. The molecule has 0 spiro atoms. The number of aryl methyl sites for hydroxylation is 1. The van der Waals surface area contributed by atoms with Gasteiger partial charge in [-0.05, 0) is 30.8 Å². The molecule has 2 heterocycles. The molecule has 0 fully saturated rings. The number of hydrogen-bond donors (Lipinski definition) is 1. The molecule has 0 bridgehead atoms. The highest BCUT2D eigenvalue weighted by atomic mass is 32.1. The van der Waals surface area contributed by atoms with Crippen LogP contribution in [0, 0.1) is 6.92 Å². The van der Waals surface area contributed by atoms with Crippen LogP contribution in [0.1, 0.15) is 10.4 Å². The highest BCUT2D eigenvalue weighted by Crippen LogP contribution is 2.30. The van der Waals surface area contributed by atoms with E-state index in [2.05, 4.69) is 22.7 Å². The van der Waals surface area contributed by atoms with Gasteiger partial charge in [-0.25, -0.2) is 4.98 Å². The molecule has 4 heteroatoms. The van der Waals surface area contributed by atoms with Crippen molar-refractivity contribution in [2.45, 2.75) is 13.3 Å². The highest BCUT2D eigenvalue weighted by Gasteiger charge is 2.07. The summed E-state index contributed by atoms with van der Waals surface area (Å²) in [6, 6.07) is 0. The summed E-state index contributed by atoms with van der Waals surface area (Å²) in [5.41, 5.74) is 8.08. The zero-order chi connectivity index (χ0) is 9.97. The maximum Gasteiger partial charge on any atom is 0.124 e. The molecule has 0 amide bonds. The molecule has 14 heavy (non-hydrogen) atoms. The zero-order valence-electron chi connectivity index (χ0n) is 7.99. The summed E-state index contributed by atoms with van der Waals surface area (Å²) in [5, 5.41) is 5.42. The molecule has 0 unspecified atom stereocenters. The molecule has 0 saturated heterocycles. The van der Waals surface area contributed by atoms with Crippen LogP contribution in [0.15, 0.2) is 17.0 Å². The van der Waals surface area contributed by atoms with E-state index in [1.165, 1.54) is 16.0 Å². The van der Waals surface area contributed by atoms with Crippen molar-refractivity contribution in [1.29, 1.82) is 0 Å². The van der Waals surface area contributed by atoms with Crippen molar-refractivity contribution in [2.75, 3.05) is 6.54 Å². The fourth-order valence-corrected chi connectivity index (χ4v) is 3.19. The second kappa shape index (κ2) is 4.21. The predicted octanol–water partition coefficient (Wildman–Crippen LogP) is 2.68. The van der Waals surface area contributed by atoms with Crippen LogP contribution in [-0.4, -0.2) is 11.5 Å². The molecule has 0 aliphatic carbocycles. The molecule has 0 aromatic carbocycles. The molecular weight excluding hydrogens is 212 g/mol. The van der Waals surface area contributed by atoms with Gasteiger partial charge in [-0.15, -0.1) is 11.3 Å². The lowest BCUT2D eigenvalue weighted by molar-refractivity contribution is 0.984. The molecule has 0 radical (unpaired) electrons. The third-order valence-electron chi connectivity index (χ3n) is 2.03. The fraction of sp³-hybridized carbons (Fsp3) is 0.300. The molecule has 74 valence electrons. The number of thiazole rings is 1. The standard InChI is InChI=1S/C10H12N2S2/c1-7-5-13-6-9(7)10-12-4-8(14-10)2-3-11/h4-6H,2-3,11H2,1H3. The minimum absolute atomic E-state index is 0.699. The van der Waals surface area contributed by atoms with Gasteiger partial charge >= 0.3 is 0 Å². The first-order chi connectivity index (χ1) is 6.81. The first-order valence-corrected chi connectivity index (χ1v) is 6.25. The van der Waals surface area contributed by atoms with Gasteiger partial charge in [-0.1, -0.05) is 0 Å². The lowest BCUT2D eigenvalue weighted by Gasteiger charge is -1.92. The van der Waals surface area contributed by atoms with Crippen molar-refractivity contribution in [3.63, 3.8) is 0 Å². The minimum Gasteiger partial charge on any atom is -0.330 e. The van der Waals surface area contributed by atoms with Gasteiger partial charge in [0, 0.05) is 22.0 Å². The summed E-state index contributed by atoms with van der Waals surface area (Å²) in [4.78, 5) is 5.68. The minimum atomic E-state index is 0.699. The smallest absolute Gasteiger partial charge is 0.124 e. The van der Waals surface area contributed by atoms with E-state index in [1.54, 1.807) is 22.7 Å². The summed E-state index contributed by atoms with van der Waals surface area (Å²) in [6.45, 7) is 2.82. The van der Waals surface area contributed by atoms with Gasteiger partial charge < -0.3 is 5.73 Å². The number of nitrogens with zero attached hydrogens (tertiary/aromatic N) is 1. The second-order valence-electron chi connectivity index (χ2n) is 3.14. The van der Waals surface area contributed by atoms with Crippen LogP contribution in [0.5, 0.6) is 0 Å². The third-order valence-corrected chi connectivity index (χ3v) is 3.98. The van der Waals surface area contributed by atoms with Gasteiger partial charge in [0.05, 0.1) is 0 Å². The normalized spacial score (nSPS) is 10.7. The summed E-state index contributed by atoms with van der Waals surface area (Å²) in [6.07, 6.45) is 2.87. The van der Waals surface area contributed by atoms with Crippen LogP contribution in [0.3, 0.4) is 0 Å². The fourth-order valence-electron chi connectivity index (χ4n) is 1.27. The third kappa shape index (κ3) is 1.87. The Kier molecular flexibility index (Phi) is 2.96. The molecule has 2 nitrogen and oxygen atoms in total. The van der Waals surface area contributed by atoms with Gasteiger partial charge in [0.1, 0.15) is 5.01 Å². The number of rotatable bonds is 3. The van der Waals surface area contributed by atoms with Gasteiger partial charge in [-0.2, -0.15) is 11.3 Å². The number of hydrogen-bond acceptors (Lipinski definition) is 4. The number of thiophene rings is 1. The Morgan fingerprint density at radius 1 is 1.43 bits per heavy atom. The lowest BCUT2D eigenvalue weighted by Crippen LogP contribution is -2.00. The largest absolute Gasteiger partial charge is 0.330 e. The van der Waals surface area contributed by atoms with Crippen LogP contribution >= 0.6 is 22.7 Å². The van der Waals surface area contributed by atoms with Crippen LogP contribution in [-0.2, 0) is 6.42 Å². The van der Waals surface area contributed by atoms with E-state index < -0.39 is 0 Å².